The highest BCUT2D eigenvalue weighted by molar-refractivity contribution is 6.00. The van der Waals surface area contributed by atoms with E-state index in [1.54, 1.807) is 6.07 Å². The zero-order valence-electron chi connectivity index (χ0n) is 16.0. The molecule has 0 saturated carbocycles. The molecule has 0 spiro atoms. The maximum atomic E-state index is 11.8. The van der Waals surface area contributed by atoms with Crippen molar-refractivity contribution in [1.29, 1.82) is 0 Å². The van der Waals surface area contributed by atoms with Crippen molar-refractivity contribution in [2.24, 2.45) is 0 Å². The van der Waals surface area contributed by atoms with Gasteiger partial charge in [0.2, 0.25) is 5.75 Å². The Morgan fingerprint density at radius 3 is 1.76 bits per heavy atom. The van der Waals surface area contributed by atoms with Gasteiger partial charge in [0.25, 0.3) is 0 Å². The Kier molecular flexibility index (Phi) is 7.25. The van der Waals surface area contributed by atoms with Crippen molar-refractivity contribution >= 4 is 24.1 Å². The van der Waals surface area contributed by atoms with Crippen LogP contribution >= 0.6 is 0 Å². The number of hydrogen-bond acceptors (Lipinski definition) is 8. The first kappa shape index (κ1) is 21.4. The highest BCUT2D eigenvalue weighted by Crippen LogP contribution is 2.37. The average molecular weight is 400 g/mol. The van der Waals surface area contributed by atoms with Crippen LogP contribution in [0.3, 0.4) is 0 Å². The van der Waals surface area contributed by atoms with Crippen LogP contribution in [0.5, 0.6) is 28.7 Å². The summed E-state index contributed by atoms with van der Waals surface area (Å²) in [6.07, 6.45) is 4.93. The molecule has 0 aliphatic carbocycles. The molecule has 0 aromatic heterocycles. The Morgan fingerprint density at radius 1 is 0.759 bits per heavy atom. The third-order valence-electron chi connectivity index (χ3n) is 3.73. The Balaban J connectivity index is 2.02. The largest absolute Gasteiger partial charge is 0.504 e. The van der Waals surface area contributed by atoms with Gasteiger partial charge in [-0.2, -0.15) is 0 Å². The molecule has 0 aliphatic heterocycles. The van der Waals surface area contributed by atoms with Gasteiger partial charge >= 0.3 is 11.9 Å². The number of hydrogen-bond donors (Lipinski definition) is 2. The molecule has 2 N–H and O–H groups in total. The van der Waals surface area contributed by atoms with E-state index in [0.717, 1.165) is 12.2 Å². The van der Waals surface area contributed by atoms with Crippen LogP contribution in [0.25, 0.3) is 12.2 Å². The van der Waals surface area contributed by atoms with E-state index < -0.39 is 11.9 Å². The van der Waals surface area contributed by atoms with Gasteiger partial charge in [0.05, 0.1) is 21.3 Å². The monoisotopic (exact) mass is 400 g/mol. The first-order valence-electron chi connectivity index (χ1n) is 8.31. The van der Waals surface area contributed by atoms with Crippen molar-refractivity contribution in [3.8, 4) is 28.7 Å². The van der Waals surface area contributed by atoms with E-state index in [-0.39, 0.29) is 28.7 Å². The molecule has 0 fully saturated rings. The van der Waals surface area contributed by atoms with Gasteiger partial charge in [-0.1, -0.05) is 6.07 Å². The quantitative estimate of drug-likeness (QED) is 0.415. The van der Waals surface area contributed by atoms with Gasteiger partial charge in [-0.05, 0) is 47.5 Å². The fourth-order valence-electron chi connectivity index (χ4n) is 2.30. The molecule has 0 unspecified atom stereocenters. The number of rotatable bonds is 7. The van der Waals surface area contributed by atoms with Crippen LogP contribution < -0.4 is 14.2 Å². The number of phenols is 2. The lowest BCUT2D eigenvalue weighted by Gasteiger charge is -2.09. The van der Waals surface area contributed by atoms with Gasteiger partial charge in [-0.3, -0.25) is 0 Å². The molecule has 8 heteroatoms. The summed E-state index contributed by atoms with van der Waals surface area (Å²) in [5.41, 5.74) is 1.07. The lowest BCUT2D eigenvalue weighted by atomic mass is 10.1. The Hall–Kier alpha value is -3.94. The number of carbonyl (C=O) groups excluding carboxylic acids is 2. The number of methoxy groups -OCH3 is 3. The molecule has 0 heterocycles. The second-order valence-electron chi connectivity index (χ2n) is 5.61. The van der Waals surface area contributed by atoms with E-state index in [4.69, 9.17) is 14.2 Å². The lowest BCUT2D eigenvalue weighted by molar-refractivity contribution is -0.152. The summed E-state index contributed by atoms with van der Waals surface area (Å²) in [5.74, 6) is -1.36. The molecule has 2 aromatic carbocycles. The molecule has 8 nitrogen and oxygen atoms in total. The highest BCUT2D eigenvalue weighted by Gasteiger charge is 2.11. The predicted octanol–water partition coefficient (Wildman–Crippen LogP) is 2.92. The molecule has 2 rings (SSSR count). The van der Waals surface area contributed by atoms with Gasteiger partial charge in [-0.25, -0.2) is 9.59 Å². The van der Waals surface area contributed by atoms with Gasteiger partial charge in [0, 0.05) is 12.2 Å². The molecule has 0 aliphatic rings. The van der Waals surface area contributed by atoms with Gasteiger partial charge in [0.15, 0.2) is 23.0 Å². The van der Waals surface area contributed by atoms with Gasteiger partial charge in [0.1, 0.15) is 0 Å². The number of phenolic OH excluding ortho intramolecular Hbond substituents is 2. The smallest absolute Gasteiger partial charge is 0.338 e. The van der Waals surface area contributed by atoms with Crippen LogP contribution in [-0.4, -0.2) is 43.5 Å². The molecular weight excluding hydrogens is 380 g/mol. The summed E-state index contributed by atoms with van der Waals surface area (Å²) in [5, 5.41) is 19.4. The van der Waals surface area contributed by atoms with E-state index in [1.165, 1.54) is 57.7 Å². The molecule has 0 saturated heterocycles. The number of benzene rings is 2. The van der Waals surface area contributed by atoms with E-state index >= 15 is 0 Å². The van der Waals surface area contributed by atoms with Crippen molar-refractivity contribution < 1.29 is 38.7 Å². The molecular formula is C21H20O8. The van der Waals surface area contributed by atoms with Gasteiger partial charge in [-0.15, -0.1) is 0 Å². The first-order valence-corrected chi connectivity index (χ1v) is 8.31. The zero-order valence-corrected chi connectivity index (χ0v) is 16.0. The topological polar surface area (TPSA) is 112 Å². The second-order valence-corrected chi connectivity index (χ2v) is 5.61. The zero-order chi connectivity index (χ0) is 21.4. The lowest BCUT2D eigenvalue weighted by Crippen LogP contribution is -2.06. The standard InChI is InChI=1S/C21H20O8/c1-26-16-10-13(4-7-15(16)22)5-8-19(23)29-20(24)9-6-14-11-17(27-2)21(25)18(12-14)28-3/h4-12,22,25H,1-3H3/b8-5+,9-6+. The van der Waals surface area contributed by atoms with Crippen molar-refractivity contribution in [2.45, 2.75) is 0 Å². The molecule has 0 amide bonds. The van der Waals surface area contributed by atoms with Crippen LogP contribution in [0.4, 0.5) is 0 Å². The SMILES string of the molecule is COc1cc(/C=C/C(=O)OC(=O)/C=C/c2cc(OC)c(O)c(OC)c2)ccc1O. The van der Waals surface area contributed by atoms with Crippen molar-refractivity contribution in [2.75, 3.05) is 21.3 Å². The number of esters is 2. The number of aromatic hydroxyl groups is 2. The van der Waals surface area contributed by atoms with E-state index in [2.05, 4.69) is 4.74 Å². The summed E-state index contributed by atoms with van der Waals surface area (Å²) in [6.45, 7) is 0. The van der Waals surface area contributed by atoms with Crippen molar-refractivity contribution in [1.82, 2.24) is 0 Å². The fourth-order valence-corrected chi connectivity index (χ4v) is 2.30. The summed E-state index contributed by atoms with van der Waals surface area (Å²) in [7, 11) is 4.16. The molecule has 152 valence electrons. The van der Waals surface area contributed by atoms with E-state index in [9.17, 15) is 19.8 Å². The van der Waals surface area contributed by atoms with Gasteiger partial charge < -0.3 is 29.2 Å². The number of ether oxygens (including phenoxy) is 4. The Bertz CT molecular complexity index is 934. The minimum Gasteiger partial charge on any atom is -0.504 e. The third kappa shape index (κ3) is 5.77. The van der Waals surface area contributed by atoms with E-state index in [0.29, 0.717) is 11.1 Å². The second kappa shape index (κ2) is 9.84. The predicted molar refractivity (Wildman–Crippen MR) is 105 cm³/mol. The summed E-state index contributed by atoms with van der Waals surface area (Å²) in [4.78, 5) is 23.6. The Labute approximate surface area is 167 Å². The van der Waals surface area contributed by atoms with E-state index in [1.807, 2.05) is 0 Å². The molecule has 0 bridgehead atoms. The van der Waals surface area contributed by atoms with Crippen LogP contribution in [0.1, 0.15) is 11.1 Å². The Morgan fingerprint density at radius 2 is 1.24 bits per heavy atom. The summed E-state index contributed by atoms with van der Waals surface area (Å²) in [6, 6.07) is 7.47. The molecule has 0 atom stereocenters. The summed E-state index contributed by atoms with van der Waals surface area (Å²) >= 11 is 0. The van der Waals surface area contributed by atoms with Crippen LogP contribution in [0.2, 0.25) is 0 Å². The number of carbonyl (C=O) groups is 2. The first-order chi connectivity index (χ1) is 13.9. The van der Waals surface area contributed by atoms with Crippen LogP contribution in [0, 0.1) is 0 Å². The maximum absolute atomic E-state index is 11.8. The molecule has 29 heavy (non-hydrogen) atoms. The summed E-state index contributed by atoms with van der Waals surface area (Å²) < 4.78 is 19.7. The van der Waals surface area contributed by atoms with Crippen LogP contribution in [-0.2, 0) is 14.3 Å². The maximum Gasteiger partial charge on any atom is 0.338 e. The third-order valence-corrected chi connectivity index (χ3v) is 3.73. The average Bonchev–Trinajstić information content (AvgIpc) is 2.72. The molecule has 0 radical (unpaired) electrons. The minimum atomic E-state index is -0.881. The fraction of sp³-hybridized carbons (Fsp3) is 0.143. The highest BCUT2D eigenvalue weighted by atomic mass is 16.6. The molecule has 2 aromatic rings. The van der Waals surface area contributed by atoms with Crippen molar-refractivity contribution in [3.63, 3.8) is 0 Å². The minimum absolute atomic E-state index is 0.0324. The van der Waals surface area contributed by atoms with Crippen LogP contribution in [0.15, 0.2) is 42.5 Å². The van der Waals surface area contributed by atoms with Crippen molar-refractivity contribution in [3.05, 3.63) is 53.6 Å². The normalized spacial score (nSPS) is 10.9.